The maximum absolute atomic E-state index is 13.1. The lowest BCUT2D eigenvalue weighted by atomic mass is 9.84. The molecule has 2 fully saturated rings. The van der Waals surface area contributed by atoms with Crippen molar-refractivity contribution in [3.63, 3.8) is 0 Å². The summed E-state index contributed by atoms with van der Waals surface area (Å²) in [5.41, 5.74) is 0.387. The van der Waals surface area contributed by atoms with E-state index in [9.17, 15) is 14.0 Å². The standard InChI is InChI=1S/C20H28FN3O2/c21-16-11-18(13-22-12-16)24-20(26)15-6-8-17(9-7-15)23-19(25)10-14-4-2-1-3-5-14/h11-15,17H,1-10H2,(H,23,25)(H,24,26). The smallest absolute Gasteiger partial charge is 0.227 e. The molecule has 0 saturated heterocycles. The van der Waals surface area contributed by atoms with Gasteiger partial charge in [-0.3, -0.25) is 14.6 Å². The fourth-order valence-electron chi connectivity index (χ4n) is 4.16. The van der Waals surface area contributed by atoms with E-state index in [1.54, 1.807) is 0 Å². The molecule has 0 spiro atoms. The van der Waals surface area contributed by atoms with Gasteiger partial charge in [-0.05, 0) is 44.4 Å². The largest absolute Gasteiger partial charge is 0.353 e. The quantitative estimate of drug-likeness (QED) is 0.838. The first kappa shape index (κ1) is 18.8. The van der Waals surface area contributed by atoms with Crippen LogP contribution in [0, 0.1) is 17.7 Å². The van der Waals surface area contributed by atoms with Gasteiger partial charge in [0.15, 0.2) is 0 Å². The van der Waals surface area contributed by atoms with Crippen LogP contribution < -0.4 is 10.6 Å². The Morgan fingerprint density at radius 3 is 2.46 bits per heavy atom. The van der Waals surface area contributed by atoms with Crippen LogP contribution in [0.3, 0.4) is 0 Å². The molecule has 0 aromatic carbocycles. The number of hydrogen-bond acceptors (Lipinski definition) is 3. The highest BCUT2D eigenvalue weighted by molar-refractivity contribution is 5.92. The molecule has 2 saturated carbocycles. The molecule has 1 aromatic heterocycles. The summed E-state index contributed by atoms with van der Waals surface area (Å²) in [6.45, 7) is 0. The van der Waals surface area contributed by atoms with E-state index >= 15 is 0 Å². The second-order valence-corrected chi connectivity index (χ2v) is 7.71. The number of anilines is 1. The summed E-state index contributed by atoms with van der Waals surface area (Å²) in [5, 5.41) is 5.89. The first-order valence-electron chi connectivity index (χ1n) is 9.81. The molecule has 1 heterocycles. The molecule has 0 radical (unpaired) electrons. The van der Waals surface area contributed by atoms with Crippen molar-refractivity contribution in [2.24, 2.45) is 11.8 Å². The number of carbonyl (C=O) groups excluding carboxylic acids is 2. The third-order valence-electron chi connectivity index (χ3n) is 5.63. The van der Waals surface area contributed by atoms with Crippen LogP contribution in [0.15, 0.2) is 18.5 Å². The normalized spacial score (nSPS) is 24.0. The van der Waals surface area contributed by atoms with Gasteiger partial charge in [0.25, 0.3) is 0 Å². The molecule has 26 heavy (non-hydrogen) atoms. The number of nitrogens with zero attached hydrogens (tertiary/aromatic N) is 1. The first-order chi connectivity index (χ1) is 12.6. The molecule has 0 unspecified atom stereocenters. The number of amides is 2. The van der Waals surface area contributed by atoms with E-state index in [2.05, 4.69) is 15.6 Å². The zero-order valence-electron chi connectivity index (χ0n) is 15.2. The third kappa shape index (κ3) is 5.51. The van der Waals surface area contributed by atoms with Gasteiger partial charge in [-0.1, -0.05) is 19.3 Å². The molecule has 1 aromatic rings. The average molecular weight is 361 g/mol. The van der Waals surface area contributed by atoms with Gasteiger partial charge < -0.3 is 10.6 Å². The molecule has 0 atom stereocenters. The number of nitrogens with one attached hydrogen (secondary N) is 2. The van der Waals surface area contributed by atoms with Crippen LogP contribution in [0.1, 0.15) is 64.2 Å². The Morgan fingerprint density at radius 1 is 1.04 bits per heavy atom. The van der Waals surface area contributed by atoms with E-state index in [1.807, 2.05) is 0 Å². The van der Waals surface area contributed by atoms with Crippen molar-refractivity contribution in [3.05, 3.63) is 24.3 Å². The lowest BCUT2D eigenvalue weighted by Gasteiger charge is -2.29. The molecule has 0 aliphatic heterocycles. The van der Waals surface area contributed by atoms with Crippen LogP contribution in [0.25, 0.3) is 0 Å². The maximum atomic E-state index is 13.1. The zero-order chi connectivity index (χ0) is 18.4. The van der Waals surface area contributed by atoms with Crippen molar-refractivity contribution in [2.75, 3.05) is 5.32 Å². The maximum Gasteiger partial charge on any atom is 0.227 e. The van der Waals surface area contributed by atoms with Crippen molar-refractivity contribution in [1.82, 2.24) is 10.3 Å². The SMILES string of the molecule is O=C(CC1CCCCC1)NC1CCC(C(=O)Nc2cncc(F)c2)CC1. The van der Waals surface area contributed by atoms with E-state index in [4.69, 9.17) is 0 Å². The molecule has 0 bridgehead atoms. The number of hydrogen-bond donors (Lipinski definition) is 2. The number of halogens is 1. The third-order valence-corrected chi connectivity index (χ3v) is 5.63. The van der Waals surface area contributed by atoms with Crippen LogP contribution in [-0.2, 0) is 9.59 Å². The van der Waals surface area contributed by atoms with E-state index in [0.717, 1.165) is 31.9 Å². The predicted molar refractivity (Wildman–Crippen MR) is 97.9 cm³/mol. The average Bonchev–Trinajstić information content (AvgIpc) is 2.63. The van der Waals surface area contributed by atoms with Gasteiger partial charge >= 0.3 is 0 Å². The summed E-state index contributed by atoms with van der Waals surface area (Å²) in [4.78, 5) is 28.3. The Balaban J connectivity index is 1.39. The predicted octanol–water partition coefficient (Wildman–Crippen LogP) is 3.80. The van der Waals surface area contributed by atoms with E-state index in [-0.39, 0.29) is 23.8 Å². The summed E-state index contributed by atoms with van der Waals surface area (Å²) in [7, 11) is 0. The van der Waals surface area contributed by atoms with Crippen molar-refractivity contribution < 1.29 is 14.0 Å². The molecular weight excluding hydrogens is 333 g/mol. The summed E-state index contributed by atoms with van der Waals surface area (Å²) in [6.07, 6.45) is 12.5. The Kier molecular flexibility index (Phi) is 6.58. The zero-order valence-corrected chi connectivity index (χ0v) is 15.2. The lowest BCUT2D eigenvalue weighted by Crippen LogP contribution is -2.40. The molecule has 142 valence electrons. The molecule has 2 N–H and O–H groups in total. The molecule has 3 rings (SSSR count). The highest BCUT2D eigenvalue weighted by Gasteiger charge is 2.28. The Labute approximate surface area is 154 Å². The first-order valence-corrected chi connectivity index (χ1v) is 9.81. The molecular formula is C20H28FN3O2. The van der Waals surface area contributed by atoms with E-state index in [1.165, 1.54) is 44.4 Å². The van der Waals surface area contributed by atoms with Gasteiger partial charge in [0.05, 0.1) is 18.1 Å². The second-order valence-electron chi connectivity index (χ2n) is 7.71. The number of rotatable bonds is 5. The van der Waals surface area contributed by atoms with Crippen LogP contribution >= 0.6 is 0 Å². The number of pyridine rings is 1. The molecule has 5 nitrogen and oxygen atoms in total. The fourth-order valence-corrected chi connectivity index (χ4v) is 4.16. The van der Waals surface area contributed by atoms with Crippen molar-refractivity contribution in [2.45, 2.75) is 70.3 Å². The van der Waals surface area contributed by atoms with E-state index < -0.39 is 5.82 Å². The number of aromatic nitrogens is 1. The van der Waals surface area contributed by atoms with E-state index in [0.29, 0.717) is 18.0 Å². The summed E-state index contributed by atoms with van der Waals surface area (Å²) in [5.74, 6) is 0.0581. The van der Waals surface area contributed by atoms with Gasteiger partial charge in [-0.25, -0.2) is 4.39 Å². The molecule has 2 aliphatic carbocycles. The molecule has 2 aliphatic rings. The van der Waals surface area contributed by atoms with Gasteiger partial charge in [-0.15, -0.1) is 0 Å². The second kappa shape index (κ2) is 9.10. The number of carbonyl (C=O) groups is 2. The van der Waals surface area contributed by atoms with Crippen LogP contribution in [-0.4, -0.2) is 22.8 Å². The Bertz CT molecular complexity index is 623. The summed E-state index contributed by atoms with van der Waals surface area (Å²) >= 11 is 0. The minimum atomic E-state index is -0.466. The minimum Gasteiger partial charge on any atom is -0.353 e. The van der Waals surface area contributed by atoms with Crippen LogP contribution in [0.5, 0.6) is 0 Å². The fraction of sp³-hybridized carbons (Fsp3) is 0.650. The van der Waals surface area contributed by atoms with Crippen molar-refractivity contribution in [3.8, 4) is 0 Å². The highest BCUT2D eigenvalue weighted by Crippen LogP contribution is 2.28. The Hall–Kier alpha value is -1.98. The Morgan fingerprint density at radius 2 is 1.77 bits per heavy atom. The van der Waals surface area contributed by atoms with Gasteiger partial charge in [0, 0.05) is 24.4 Å². The highest BCUT2D eigenvalue weighted by atomic mass is 19.1. The molecule has 2 amide bonds. The monoisotopic (exact) mass is 361 g/mol. The molecule has 6 heteroatoms. The minimum absolute atomic E-state index is 0.0928. The van der Waals surface area contributed by atoms with Gasteiger partial charge in [-0.2, -0.15) is 0 Å². The van der Waals surface area contributed by atoms with Crippen molar-refractivity contribution >= 4 is 17.5 Å². The van der Waals surface area contributed by atoms with Crippen molar-refractivity contribution in [1.29, 1.82) is 0 Å². The van der Waals surface area contributed by atoms with Gasteiger partial charge in [0.1, 0.15) is 5.82 Å². The van der Waals surface area contributed by atoms with Gasteiger partial charge in [0.2, 0.25) is 11.8 Å². The van der Waals surface area contributed by atoms with Crippen LogP contribution in [0.4, 0.5) is 10.1 Å². The summed E-state index contributed by atoms with van der Waals surface area (Å²) < 4.78 is 13.1. The lowest BCUT2D eigenvalue weighted by molar-refractivity contribution is -0.123. The topological polar surface area (TPSA) is 71.1 Å². The van der Waals surface area contributed by atoms with Crippen LogP contribution in [0.2, 0.25) is 0 Å². The summed E-state index contributed by atoms with van der Waals surface area (Å²) in [6, 6.07) is 1.44.